The van der Waals surface area contributed by atoms with Crippen molar-refractivity contribution in [3.63, 3.8) is 0 Å². The van der Waals surface area contributed by atoms with Gasteiger partial charge in [-0.3, -0.25) is 13.9 Å². The average molecular weight is 734 g/mol. The lowest BCUT2D eigenvalue weighted by atomic mass is 9.94. The SMILES string of the molecule is CCOc1ccc(N(CC(=O)N(Cc2cccc(Cl)c2)C(Cc2ccccc2)C(=O)NC2CCCCC2)S(=O)(=O)c2ccc(SC)cc2)cc1. The number of carbonyl (C=O) groups excluding carboxylic acids is 2. The predicted octanol–water partition coefficient (Wildman–Crippen LogP) is 7.74. The van der Waals surface area contributed by atoms with Crippen LogP contribution in [0.5, 0.6) is 5.75 Å². The Bertz CT molecular complexity index is 1820. The number of sulfonamides is 1. The third-order valence-corrected chi connectivity index (χ3v) is 11.6. The van der Waals surface area contributed by atoms with Gasteiger partial charge in [0.25, 0.3) is 10.0 Å². The minimum absolute atomic E-state index is 0.0163. The lowest BCUT2D eigenvalue weighted by Crippen LogP contribution is -2.55. The van der Waals surface area contributed by atoms with Gasteiger partial charge in [-0.1, -0.05) is 73.3 Å². The van der Waals surface area contributed by atoms with Gasteiger partial charge in [0.05, 0.1) is 17.2 Å². The van der Waals surface area contributed by atoms with Gasteiger partial charge in [0.2, 0.25) is 11.8 Å². The first-order chi connectivity index (χ1) is 24.2. The fourth-order valence-electron chi connectivity index (χ4n) is 6.21. The number of ether oxygens (including phenoxy) is 1. The van der Waals surface area contributed by atoms with Gasteiger partial charge in [-0.2, -0.15) is 0 Å². The number of thioether (sulfide) groups is 1. The zero-order valence-electron chi connectivity index (χ0n) is 28.5. The molecule has 0 spiro atoms. The molecular formula is C39H44ClN3O5S2. The van der Waals surface area contributed by atoms with Crippen molar-refractivity contribution in [2.24, 2.45) is 0 Å². The summed E-state index contributed by atoms with van der Waals surface area (Å²) < 4.78 is 35.5. The summed E-state index contributed by atoms with van der Waals surface area (Å²) in [5.74, 6) is -0.212. The van der Waals surface area contributed by atoms with E-state index in [2.05, 4.69) is 5.32 Å². The van der Waals surface area contributed by atoms with Gasteiger partial charge >= 0.3 is 0 Å². The van der Waals surface area contributed by atoms with E-state index in [9.17, 15) is 18.0 Å². The summed E-state index contributed by atoms with van der Waals surface area (Å²) >= 11 is 7.88. The summed E-state index contributed by atoms with van der Waals surface area (Å²) in [6, 6.07) is 29.0. The molecule has 1 N–H and O–H groups in total. The molecule has 1 aliphatic carbocycles. The molecule has 264 valence electrons. The Hall–Kier alpha value is -3.99. The molecule has 0 aliphatic heterocycles. The van der Waals surface area contributed by atoms with Crippen molar-refractivity contribution in [3.8, 4) is 5.75 Å². The maximum atomic E-state index is 14.8. The Morgan fingerprint density at radius 1 is 0.900 bits per heavy atom. The summed E-state index contributed by atoms with van der Waals surface area (Å²) in [6.07, 6.45) is 7.13. The predicted molar refractivity (Wildman–Crippen MR) is 201 cm³/mol. The van der Waals surface area contributed by atoms with Crippen LogP contribution in [0.1, 0.15) is 50.2 Å². The molecule has 1 fully saturated rings. The van der Waals surface area contributed by atoms with Crippen molar-refractivity contribution in [1.82, 2.24) is 10.2 Å². The molecule has 1 saturated carbocycles. The number of amides is 2. The van der Waals surface area contributed by atoms with E-state index in [0.717, 1.165) is 52.4 Å². The summed E-state index contributed by atoms with van der Waals surface area (Å²) in [5.41, 5.74) is 1.90. The minimum Gasteiger partial charge on any atom is -0.494 e. The van der Waals surface area contributed by atoms with Crippen LogP contribution in [0, 0.1) is 0 Å². The highest BCUT2D eigenvalue weighted by Gasteiger charge is 2.35. The molecule has 5 rings (SSSR count). The summed E-state index contributed by atoms with van der Waals surface area (Å²) in [5, 5.41) is 3.73. The number of anilines is 1. The number of halogens is 1. The summed E-state index contributed by atoms with van der Waals surface area (Å²) in [4.78, 5) is 31.5. The molecule has 2 amide bonds. The Balaban J connectivity index is 1.56. The quantitative estimate of drug-likeness (QED) is 0.126. The fraction of sp³-hybridized carbons (Fsp3) is 0.333. The Labute approximate surface area is 305 Å². The van der Waals surface area contributed by atoms with Gasteiger partial charge in [0, 0.05) is 28.9 Å². The maximum Gasteiger partial charge on any atom is 0.264 e. The molecule has 4 aromatic rings. The molecule has 8 nitrogen and oxygen atoms in total. The number of carbonyl (C=O) groups is 2. The highest BCUT2D eigenvalue weighted by atomic mass is 35.5. The van der Waals surface area contributed by atoms with Crippen LogP contribution in [0.15, 0.2) is 113 Å². The summed E-state index contributed by atoms with van der Waals surface area (Å²) in [6.45, 7) is 1.83. The number of hydrogen-bond acceptors (Lipinski definition) is 6. The lowest BCUT2D eigenvalue weighted by molar-refractivity contribution is -0.140. The first-order valence-corrected chi connectivity index (χ1v) is 20.0. The zero-order valence-corrected chi connectivity index (χ0v) is 30.9. The van der Waals surface area contributed by atoms with Gasteiger partial charge in [0.1, 0.15) is 18.3 Å². The number of nitrogens with zero attached hydrogens (tertiary/aromatic N) is 2. The van der Waals surface area contributed by atoms with Crippen LogP contribution < -0.4 is 14.4 Å². The van der Waals surface area contributed by atoms with E-state index in [1.807, 2.05) is 49.6 Å². The van der Waals surface area contributed by atoms with Gasteiger partial charge in [0.15, 0.2) is 0 Å². The highest BCUT2D eigenvalue weighted by molar-refractivity contribution is 7.98. The zero-order chi connectivity index (χ0) is 35.5. The van der Waals surface area contributed by atoms with Crippen molar-refractivity contribution in [3.05, 3.63) is 119 Å². The lowest BCUT2D eigenvalue weighted by Gasteiger charge is -2.35. The van der Waals surface area contributed by atoms with Gasteiger partial charge in [-0.15, -0.1) is 11.8 Å². The standard InChI is InChI=1S/C39H44ClN3O5S2/c1-3-48-34-19-17-33(18-20-34)43(50(46,47)36-23-21-35(49-2)22-24-36)28-38(44)42(27-30-13-10-14-31(40)25-30)37(26-29-11-6-4-7-12-29)39(45)41-32-15-8-5-9-16-32/h4,6-7,10-14,17-25,32,37H,3,5,8-9,15-16,26-28H2,1-2H3,(H,41,45). The molecule has 0 saturated heterocycles. The van der Waals surface area contributed by atoms with E-state index >= 15 is 0 Å². The van der Waals surface area contributed by atoms with Gasteiger partial charge in [-0.25, -0.2) is 8.42 Å². The molecule has 0 bridgehead atoms. The molecule has 0 aromatic heterocycles. The number of rotatable bonds is 15. The van der Waals surface area contributed by atoms with Gasteiger partial charge < -0.3 is 15.0 Å². The molecule has 50 heavy (non-hydrogen) atoms. The average Bonchev–Trinajstić information content (AvgIpc) is 3.13. The number of nitrogens with one attached hydrogen (secondary N) is 1. The van der Waals surface area contributed by atoms with Crippen LogP contribution in [-0.2, 0) is 32.6 Å². The topological polar surface area (TPSA) is 96.0 Å². The van der Waals surface area contributed by atoms with Crippen molar-refractivity contribution in [2.45, 2.75) is 73.9 Å². The smallest absolute Gasteiger partial charge is 0.264 e. The minimum atomic E-state index is -4.23. The third kappa shape index (κ3) is 9.83. The Morgan fingerprint density at radius 3 is 2.22 bits per heavy atom. The first-order valence-electron chi connectivity index (χ1n) is 17.0. The van der Waals surface area contributed by atoms with Crippen LogP contribution in [0.3, 0.4) is 0 Å². The van der Waals surface area contributed by atoms with Crippen molar-refractivity contribution in [1.29, 1.82) is 0 Å². The Morgan fingerprint density at radius 2 is 1.58 bits per heavy atom. The third-order valence-electron chi connectivity index (χ3n) is 8.83. The van der Waals surface area contributed by atoms with Crippen molar-refractivity contribution in [2.75, 3.05) is 23.7 Å². The van der Waals surface area contributed by atoms with Crippen LogP contribution in [0.4, 0.5) is 5.69 Å². The fourth-order valence-corrected chi connectivity index (χ4v) is 8.24. The van der Waals surface area contributed by atoms with E-state index < -0.39 is 28.5 Å². The van der Waals surface area contributed by atoms with E-state index in [4.69, 9.17) is 16.3 Å². The molecule has 1 unspecified atom stereocenters. The molecule has 0 radical (unpaired) electrons. The van der Waals surface area contributed by atoms with E-state index in [-0.39, 0.29) is 29.8 Å². The van der Waals surface area contributed by atoms with Crippen molar-refractivity contribution >= 4 is 50.9 Å². The molecule has 1 aliphatic rings. The van der Waals surface area contributed by atoms with Crippen LogP contribution in [-0.4, -0.2) is 56.6 Å². The molecule has 4 aromatic carbocycles. The normalized spacial score (nSPS) is 14.1. The van der Waals surface area contributed by atoms with Crippen LogP contribution in [0.25, 0.3) is 0 Å². The first kappa shape index (κ1) is 37.3. The largest absolute Gasteiger partial charge is 0.494 e. The number of hydrogen-bond donors (Lipinski definition) is 1. The summed E-state index contributed by atoms with van der Waals surface area (Å²) in [7, 11) is -4.23. The van der Waals surface area contributed by atoms with E-state index in [0.29, 0.717) is 23.1 Å². The van der Waals surface area contributed by atoms with Crippen LogP contribution >= 0.6 is 23.4 Å². The molecule has 0 heterocycles. The van der Waals surface area contributed by atoms with E-state index in [1.165, 1.54) is 16.7 Å². The highest BCUT2D eigenvalue weighted by Crippen LogP contribution is 2.29. The molecular weight excluding hydrogens is 690 g/mol. The second kappa shape index (κ2) is 17.8. The Kier molecular flexibility index (Phi) is 13.3. The van der Waals surface area contributed by atoms with E-state index in [1.54, 1.807) is 66.7 Å². The number of benzene rings is 4. The van der Waals surface area contributed by atoms with Crippen molar-refractivity contribution < 1.29 is 22.7 Å². The van der Waals surface area contributed by atoms with Gasteiger partial charge in [-0.05, 0) is 97.8 Å². The molecule has 11 heteroatoms. The second-order valence-electron chi connectivity index (χ2n) is 12.3. The van der Waals surface area contributed by atoms with Crippen LogP contribution in [0.2, 0.25) is 5.02 Å². The second-order valence-corrected chi connectivity index (χ2v) is 15.5. The maximum absolute atomic E-state index is 14.8. The molecule has 1 atom stereocenters. The monoisotopic (exact) mass is 733 g/mol.